The van der Waals surface area contributed by atoms with Gasteiger partial charge in [-0.3, -0.25) is 9.59 Å². The molecule has 190 valence electrons. The van der Waals surface area contributed by atoms with E-state index in [9.17, 15) is 14.0 Å². The zero-order chi connectivity index (χ0) is 25.6. The minimum absolute atomic E-state index is 0.0713. The monoisotopic (exact) mass is 498 g/mol. The number of nitrogens with one attached hydrogen (secondary N) is 1. The van der Waals surface area contributed by atoms with Crippen LogP contribution in [0.3, 0.4) is 0 Å². The molecule has 1 saturated carbocycles. The Kier molecular flexibility index (Phi) is 7.64. The third-order valence-corrected chi connectivity index (χ3v) is 7.06. The number of carbonyl (C=O) groups is 2. The van der Waals surface area contributed by atoms with Gasteiger partial charge in [0, 0.05) is 18.2 Å². The second-order valence-electron chi connectivity index (χ2n) is 9.71. The Morgan fingerprint density at radius 2 is 1.62 bits per heavy atom. The largest absolute Gasteiger partial charge is 0.488 e. The van der Waals surface area contributed by atoms with Gasteiger partial charge in [0.2, 0.25) is 5.91 Å². The van der Waals surface area contributed by atoms with Gasteiger partial charge in [0.15, 0.2) is 0 Å². The molecule has 1 N–H and O–H groups in total. The second kappa shape index (κ2) is 11.4. The van der Waals surface area contributed by atoms with Gasteiger partial charge in [0.25, 0.3) is 5.91 Å². The average Bonchev–Trinajstić information content (AvgIpc) is 2.94. The van der Waals surface area contributed by atoms with Gasteiger partial charge in [-0.1, -0.05) is 79.9 Å². The van der Waals surface area contributed by atoms with Crippen LogP contribution in [0.5, 0.6) is 5.75 Å². The second-order valence-corrected chi connectivity index (χ2v) is 9.71. The fraction of sp³-hybridized carbons (Fsp3) is 0.290. The lowest BCUT2D eigenvalue weighted by Gasteiger charge is -2.34. The van der Waals surface area contributed by atoms with Gasteiger partial charge >= 0.3 is 0 Å². The maximum absolute atomic E-state index is 14.1. The molecule has 0 bridgehead atoms. The van der Waals surface area contributed by atoms with Crippen molar-refractivity contribution in [3.63, 3.8) is 0 Å². The van der Waals surface area contributed by atoms with Gasteiger partial charge in [0.1, 0.15) is 24.2 Å². The summed E-state index contributed by atoms with van der Waals surface area (Å²) in [4.78, 5) is 29.6. The lowest BCUT2D eigenvalue weighted by molar-refractivity contribution is -0.139. The molecule has 6 heteroatoms. The Morgan fingerprint density at radius 1 is 0.919 bits per heavy atom. The third-order valence-electron chi connectivity index (χ3n) is 7.06. The minimum atomic E-state index is -0.923. The highest BCUT2D eigenvalue weighted by molar-refractivity contribution is 6.01. The number of carbonyl (C=O) groups excluding carboxylic acids is 2. The maximum atomic E-state index is 14.1. The summed E-state index contributed by atoms with van der Waals surface area (Å²) in [6, 6.07) is 22.1. The van der Waals surface area contributed by atoms with Crippen LogP contribution < -0.4 is 10.1 Å². The predicted octanol–water partition coefficient (Wildman–Crippen LogP) is 5.82. The number of halogens is 1. The maximum Gasteiger partial charge on any atom is 0.254 e. The highest BCUT2D eigenvalue weighted by atomic mass is 19.1. The summed E-state index contributed by atoms with van der Waals surface area (Å²) in [6.07, 6.45) is 6.99. The highest BCUT2D eigenvalue weighted by Gasteiger charge is 2.35. The molecular formula is C31H31FN2O3. The van der Waals surface area contributed by atoms with Crippen molar-refractivity contribution in [1.82, 2.24) is 10.2 Å². The van der Waals surface area contributed by atoms with Crippen LogP contribution in [0.25, 0.3) is 6.08 Å². The Balaban J connectivity index is 1.53. The number of amides is 2. The van der Waals surface area contributed by atoms with E-state index in [0.717, 1.165) is 42.6 Å². The quantitative estimate of drug-likeness (QED) is 0.447. The summed E-state index contributed by atoms with van der Waals surface area (Å²) in [7, 11) is 0. The molecule has 1 aliphatic carbocycles. The zero-order valence-electron chi connectivity index (χ0n) is 20.7. The topological polar surface area (TPSA) is 58.6 Å². The molecule has 1 aliphatic heterocycles. The van der Waals surface area contributed by atoms with E-state index in [4.69, 9.17) is 4.74 Å². The summed E-state index contributed by atoms with van der Waals surface area (Å²) in [5, 5.41) is 3.19. The summed E-state index contributed by atoms with van der Waals surface area (Å²) in [5.41, 5.74) is 2.75. The van der Waals surface area contributed by atoms with E-state index in [1.165, 1.54) is 18.6 Å². The van der Waals surface area contributed by atoms with Gasteiger partial charge in [-0.25, -0.2) is 4.39 Å². The van der Waals surface area contributed by atoms with Crippen LogP contribution in [0, 0.1) is 5.82 Å². The number of fused-ring (bicyclic) bond motifs is 1. The first kappa shape index (κ1) is 24.8. The Morgan fingerprint density at radius 3 is 2.38 bits per heavy atom. The van der Waals surface area contributed by atoms with E-state index in [1.807, 2.05) is 60.7 Å². The number of nitrogens with zero attached hydrogens (tertiary/aromatic N) is 1. The molecule has 3 aromatic rings. The van der Waals surface area contributed by atoms with Crippen molar-refractivity contribution in [3.8, 4) is 5.75 Å². The fourth-order valence-electron chi connectivity index (χ4n) is 5.13. The van der Waals surface area contributed by atoms with E-state index >= 15 is 0 Å². The van der Waals surface area contributed by atoms with Crippen LogP contribution in [0.2, 0.25) is 0 Å². The molecule has 5 rings (SSSR count). The molecule has 0 unspecified atom stereocenters. The van der Waals surface area contributed by atoms with E-state index in [-0.39, 0.29) is 31.0 Å². The molecule has 0 aromatic heterocycles. The van der Waals surface area contributed by atoms with Crippen LogP contribution in [0.4, 0.5) is 4.39 Å². The number of hydrogen-bond acceptors (Lipinski definition) is 3. The van der Waals surface area contributed by atoms with Gasteiger partial charge in [0.05, 0.1) is 5.57 Å². The number of para-hydroxylation sites is 1. The molecule has 37 heavy (non-hydrogen) atoms. The van der Waals surface area contributed by atoms with Crippen LogP contribution >= 0.6 is 0 Å². The molecule has 1 atom stereocenters. The van der Waals surface area contributed by atoms with Gasteiger partial charge < -0.3 is 15.0 Å². The first-order valence-corrected chi connectivity index (χ1v) is 12.9. The van der Waals surface area contributed by atoms with Crippen LogP contribution in [-0.2, 0) is 16.1 Å². The Labute approximate surface area is 217 Å². The first-order chi connectivity index (χ1) is 18.1. The van der Waals surface area contributed by atoms with E-state index in [0.29, 0.717) is 11.1 Å². The Bertz CT molecular complexity index is 1270. The normalized spacial score (nSPS) is 16.1. The van der Waals surface area contributed by atoms with Crippen molar-refractivity contribution in [2.24, 2.45) is 0 Å². The van der Waals surface area contributed by atoms with Crippen molar-refractivity contribution in [2.75, 3.05) is 6.61 Å². The number of rotatable bonds is 7. The van der Waals surface area contributed by atoms with E-state index in [1.54, 1.807) is 17.0 Å². The van der Waals surface area contributed by atoms with Crippen LogP contribution in [0.15, 0.2) is 84.4 Å². The SMILES string of the molecule is O=C(NC1CCCCC1)[C@H](c1ccc(F)cc1)N(Cc1ccccc1)C(=O)C1=Cc2ccccc2OC1. The lowest BCUT2D eigenvalue weighted by atomic mass is 9.94. The summed E-state index contributed by atoms with van der Waals surface area (Å²) < 4.78 is 19.7. The molecule has 2 amide bonds. The third kappa shape index (κ3) is 5.91. The van der Waals surface area contributed by atoms with Crippen molar-refractivity contribution in [2.45, 2.75) is 50.7 Å². The Hall–Kier alpha value is -3.93. The van der Waals surface area contributed by atoms with E-state index in [2.05, 4.69) is 5.32 Å². The molecule has 5 nitrogen and oxygen atoms in total. The minimum Gasteiger partial charge on any atom is -0.488 e. The molecule has 2 aliphatic rings. The zero-order valence-corrected chi connectivity index (χ0v) is 20.7. The summed E-state index contributed by atoms with van der Waals surface area (Å²) in [6.45, 7) is 0.334. The number of ether oxygens (including phenoxy) is 1. The van der Waals surface area contributed by atoms with Gasteiger partial charge in [-0.15, -0.1) is 0 Å². The van der Waals surface area contributed by atoms with Crippen molar-refractivity contribution < 1.29 is 18.7 Å². The standard InChI is InChI=1S/C31H31FN2O3/c32-26-17-15-23(16-18-26)29(30(35)33-27-12-5-2-6-13-27)34(20-22-9-3-1-4-10-22)31(36)25-19-24-11-7-8-14-28(24)37-21-25/h1,3-4,7-11,14-19,27,29H,2,5-6,12-13,20-21H2,(H,33,35)/t29-/m0/s1. The van der Waals surface area contributed by atoms with Gasteiger partial charge in [-0.05, 0) is 48.2 Å². The molecule has 3 aromatic carbocycles. The summed E-state index contributed by atoms with van der Waals surface area (Å²) in [5.74, 6) is -0.207. The summed E-state index contributed by atoms with van der Waals surface area (Å²) >= 11 is 0. The van der Waals surface area contributed by atoms with E-state index < -0.39 is 11.9 Å². The lowest BCUT2D eigenvalue weighted by Crippen LogP contribution is -2.47. The smallest absolute Gasteiger partial charge is 0.254 e. The molecular weight excluding hydrogens is 467 g/mol. The number of hydrogen-bond donors (Lipinski definition) is 1. The molecule has 1 fully saturated rings. The molecule has 1 heterocycles. The molecule has 0 spiro atoms. The van der Waals surface area contributed by atoms with Crippen molar-refractivity contribution in [3.05, 3.63) is 107 Å². The van der Waals surface area contributed by atoms with Crippen molar-refractivity contribution >= 4 is 17.9 Å². The molecule has 0 saturated heterocycles. The number of benzene rings is 3. The van der Waals surface area contributed by atoms with Crippen LogP contribution in [-0.4, -0.2) is 29.4 Å². The fourth-order valence-corrected chi connectivity index (χ4v) is 5.13. The highest BCUT2D eigenvalue weighted by Crippen LogP contribution is 2.31. The average molecular weight is 499 g/mol. The van der Waals surface area contributed by atoms with Crippen LogP contribution in [0.1, 0.15) is 54.8 Å². The van der Waals surface area contributed by atoms with Crippen molar-refractivity contribution in [1.29, 1.82) is 0 Å². The predicted molar refractivity (Wildman–Crippen MR) is 141 cm³/mol. The van der Waals surface area contributed by atoms with Gasteiger partial charge in [-0.2, -0.15) is 0 Å². The molecule has 0 radical (unpaired) electrons. The first-order valence-electron chi connectivity index (χ1n) is 12.9.